The number of hydrogen-bond acceptors (Lipinski definition) is 3. The number of aliphatic hydroxyl groups is 2. The van der Waals surface area contributed by atoms with Gasteiger partial charge in [-0.3, -0.25) is 0 Å². The summed E-state index contributed by atoms with van der Waals surface area (Å²) >= 11 is 0. The molecular weight excluding hydrogens is 240 g/mol. The summed E-state index contributed by atoms with van der Waals surface area (Å²) in [7, 11) is 0. The van der Waals surface area contributed by atoms with Gasteiger partial charge in [0.1, 0.15) is 6.29 Å². The summed E-state index contributed by atoms with van der Waals surface area (Å²) in [6.07, 6.45) is 11.5. The number of carbonyl (C=O) groups excluding carboxylic acids is 1. The number of aldehydes is 1. The van der Waals surface area contributed by atoms with E-state index in [-0.39, 0.29) is 18.1 Å². The molecule has 19 heavy (non-hydrogen) atoms. The molecule has 2 N–H and O–H groups in total. The van der Waals surface area contributed by atoms with Crippen LogP contribution in [-0.2, 0) is 4.79 Å². The Morgan fingerprint density at radius 3 is 2.79 bits per heavy atom. The number of hydrogen-bond donors (Lipinski definition) is 2. The minimum Gasteiger partial charge on any atom is -0.393 e. The fourth-order valence-electron chi connectivity index (χ4n) is 2.95. The highest BCUT2D eigenvalue weighted by Crippen LogP contribution is 2.36. The van der Waals surface area contributed by atoms with Gasteiger partial charge in [-0.1, -0.05) is 38.3 Å². The molecule has 0 bridgehead atoms. The molecule has 4 atom stereocenters. The van der Waals surface area contributed by atoms with Crippen LogP contribution in [-0.4, -0.2) is 28.7 Å². The first kappa shape index (κ1) is 16.4. The van der Waals surface area contributed by atoms with E-state index in [0.717, 1.165) is 44.8 Å². The molecule has 1 aliphatic carbocycles. The first-order chi connectivity index (χ1) is 9.19. The van der Waals surface area contributed by atoms with Crippen molar-refractivity contribution in [3.8, 4) is 0 Å². The maximum atomic E-state index is 10.4. The zero-order chi connectivity index (χ0) is 14.1. The molecule has 3 nitrogen and oxygen atoms in total. The van der Waals surface area contributed by atoms with Gasteiger partial charge in [0.2, 0.25) is 0 Å². The topological polar surface area (TPSA) is 57.5 Å². The van der Waals surface area contributed by atoms with Gasteiger partial charge in [0.25, 0.3) is 0 Å². The van der Waals surface area contributed by atoms with Crippen molar-refractivity contribution in [3.63, 3.8) is 0 Å². The second-order valence-corrected chi connectivity index (χ2v) is 5.66. The van der Waals surface area contributed by atoms with Gasteiger partial charge < -0.3 is 15.0 Å². The number of unbranched alkanes of at least 4 members (excludes halogenated alkanes) is 2. The summed E-state index contributed by atoms with van der Waals surface area (Å²) in [5, 5.41) is 19.8. The monoisotopic (exact) mass is 268 g/mol. The molecule has 0 spiro atoms. The Balaban J connectivity index is 2.38. The van der Waals surface area contributed by atoms with Gasteiger partial charge in [0.05, 0.1) is 12.2 Å². The van der Waals surface area contributed by atoms with Crippen LogP contribution in [0.1, 0.15) is 58.3 Å². The van der Waals surface area contributed by atoms with Gasteiger partial charge in [0.15, 0.2) is 0 Å². The van der Waals surface area contributed by atoms with Crippen LogP contribution < -0.4 is 0 Å². The smallest absolute Gasteiger partial charge is 0.120 e. The Morgan fingerprint density at radius 2 is 2.11 bits per heavy atom. The van der Waals surface area contributed by atoms with E-state index < -0.39 is 0 Å². The van der Waals surface area contributed by atoms with Gasteiger partial charge in [-0.25, -0.2) is 0 Å². The second-order valence-electron chi connectivity index (χ2n) is 5.66. The van der Waals surface area contributed by atoms with Crippen molar-refractivity contribution < 1.29 is 15.0 Å². The number of rotatable bonds is 9. The van der Waals surface area contributed by atoms with Gasteiger partial charge in [0, 0.05) is 6.42 Å². The average Bonchev–Trinajstić information content (AvgIpc) is 2.75. The number of carbonyl (C=O) groups is 1. The SMILES string of the molecule is CCCCC[C@H](O)C=C[C@@H]1CC[C@@H](O)[C@H]1CCC=O. The quantitative estimate of drug-likeness (QED) is 0.384. The minimum atomic E-state index is -0.365. The summed E-state index contributed by atoms with van der Waals surface area (Å²) in [5.41, 5.74) is 0. The van der Waals surface area contributed by atoms with E-state index in [0.29, 0.717) is 12.3 Å². The number of allylic oxidation sites excluding steroid dienone is 1. The fraction of sp³-hybridized carbons (Fsp3) is 0.812. The summed E-state index contributed by atoms with van der Waals surface area (Å²) in [6.45, 7) is 2.15. The van der Waals surface area contributed by atoms with Gasteiger partial charge in [-0.05, 0) is 37.5 Å². The third-order valence-corrected chi connectivity index (χ3v) is 4.14. The second kappa shape index (κ2) is 9.27. The fourth-order valence-corrected chi connectivity index (χ4v) is 2.95. The minimum absolute atomic E-state index is 0.185. The van der Waals surface area contributed by atoms with Crippen molar-refractivity contribution >= 4 is 6.29 Å². The highest BCUT2D eigenvalue weighted by atomic mass is 16.3. The summed E-state index contributed by atoms with van der Waals surface area (Å²) in [6, 6.07) is 0. The molecule has 0 amide bonds. The highest BCUT2D eigenvalue weighted by Gasteiger charge is 2.32. The molecule has 0 heterocycles. The molecule has 1 saturated carbocycles. The largest absolute Gasteiger partial charge is 0.393 e. The third-order valence-electron chi connectivity index (χ3n) is 4.14. The van der Waals surface area contributed by atoms with E-state index in [1.807, 2.05) is 6.08 Å². The van der Waals surface area contributed by atoms with Crippen LogP contribution in [0.2, 0.25) is 0 Å². The maximum Gasteiger partial charge on any atom is 0.120 e. The lowest BCUT2D eigenvalue weighted by atomic mass is 9.89. The lowest BCUT2D eigenvalue weighted by Gasteiger charge is -2.18. The van der Waals surface area contributed by atoms with E-state index >= 15 is 0 Å². The highest BCUT2D eigenvalue weighted by molar-refractivity contribution is 5.49. The van der Waals surface area contributed by atoms with Crippen LogP contribution in [0.3, 0.4) is 0 Å². The average molecular weight is 268 g/mol. The van der Waals surface area contributed by atoms with Crippen molar-refractivity contribution in [2.75, 3.05) is 0 Å². The van der Waals surface area contributed by atoms with Gasteiger partial charge in [-0.15, -0.1) is 0 Å². The Hall–Kier alpha value is -0.670. The van der Waals surface area contributed by atoms with E-state index in [9.17, 15) is 15.0 Å². The first-order valence-corrected chi connectivity index (χ1v) is 7.67. The molecular formula is C16H28O3. The normalized spacial score (nSPS) is 28.9. The van der Waals surface area contributed by atoms with Gasteiger partial charge in [-0.2, -0.15) is 0 Å². The summed E-state index contributed by atoms with van der Waals surface area (Å²) in [5.74, 6) is 0.500. The molecule has 110 valence electrons. The molecule has 0 aromatic rings. The van der Waals surface area contributed by atoms with Crippen LogP contribution in [0, 0.1) is 11.8 Å². The Kier molecular flexibility index (Phi) is 7.99. The van der Waals surface area contributed by atoms with Crippen molar-refractivity contribution in [2.45, 2.75) is 70.5 Å². The van der Waals surface area contributed by atoms with Crippen molar-refractivity contribution in [3.05, 3.63) is 12.2 Å². The van der Waals surface area contributed by atoms with E-state index in [4.69, 9.17) is 0 Å². The standard InChI is InChI=1S/C16H28O3/c1-2-3-4-6-14(18)10-8-13-9-11-16(19)15(13)7-5-12-17/h8,10,12-16,18-19H,2-7,9,11H2,1H3/t13-,14+,15+,16-/m1/s1. The molecule has 0 aromatic carbocycles. The summed E-state index contributed by atoms with van der Waals surface area (Å²) in [4.78, 5) is 10.4. The molecule has 0 aliphatic heterocycles. The Labute approximate surface area is 116 Å². The van der Waals surface area contributed by atoms with Crippen LogP contribution >= 0.6 is 0 Å². The molecule has 1 fully saturated rings. The van der Waals surface area contributed by atoms with Crippen LogP contribution in [0.5, 0.6) is 0 Å². The molecule has 3 heteroatoms. The van der Waals surface area contributed by atoms with Crippen LogP contribution in [0.25, 0.3) is 0 Å². The molecule has 0 unspecified atom stereocenters. The molecule has 0 saturated heterocycles. The van der Waals surface area contributed by atoms with Crippen molar-refractivity contribution in [2.24, 2.45) is 11.8 Å². The summed E-state index contributed by atoms with van der Waals surface area (Å²) < 4.78 is 0. The molecule has 1 rings (SSSR count). The van der Waals surface area contributed by atoms with Crippen molar-refractivity contribution in [1.82, 2.24) is 0 Å². The molecule has 0 radical (unpaired) electrons. The van der Waals surface area contributed by atoms with Crippen molar-refractivity contribution in [1.29, 1.82) is 0 Å². The maximum absolute atomic E-state index is 10.4. The molecule has 1 aliphatic rings. The Morgan fingerprint density at radius 1 is 1.32 bits per heavy atom. The zero-order valence-electron chi connectivity index (χ0n) is 12.0. The van der Waals surface area contributed by atoms with Gasteiger partial charge >= 0.3 is 0 Å². The first-order valence-electron chi connectivity index (χ1n) is 7.67. The van der Waals surface area contributed by atoms with E-state index in [2.05, 4.69) is 13.0 Å². The Bertz CT molecular complexity index is 275. The van der Waals surface area contributed by atoms with Crippen LogP contribution in [0.4, 0.5) is 0 Å². The lowest BCUT2D eigenvalue weighted by Crippen LogP contribution is -2.18. The van der Waals surface area contributed by atoms with E-state index in [1.165, 1.54) is 6.42 Å². The number of aliphatic hydroxyl groups excluding tert-OH is 2. The predicted molar refractivity (Wildman–Crippen MR) is 76.8 cm³/mol. The zero-order valence-corrected chi connectivity index (χ0v) is 12.0. The molecule has 0 aromatic heterocycles. The van der Waals surface area contributed by atoms with E-state index in [1.54, 1.807) is 0 Å². The third kappa shape index (κ3) is 5.87. The van der Waals surface area contributed by atoms with Crippen LogP contribution in [0.15, 0.2) is 12.2 Å². The predicted octanol–water partition coefficient (Wildman–Crippen LogP) is 2.85. The lowest BCUT2D eigenvalue weighted by molar-refractivity contribution is -0.108.